The molecule has 0 radical (unpaired) electrons. The van der Waals surface area contributed by atoms with Gasteiger partial charge in [-0.3, -0.25) is 4.90 Å². The average Bonchev–Trinajstić information content (AvgIpc) is 2.06. The van der Waals surface area contributed by atoms with Crippen LogP contribution in [0.1, 0.15) is 34.1 Å². The topological polar surface area (TPSA) is 3.24 Å². The zero-order chi connectivity index (χ0) is 8.91. The Morgan fingerprint density at radius 1 is 1.27 bits per heavy atom. The van der Waals surface area contributed by atoms with Gasteiger partial charge < -0.3 is 0 Å². The van der Waals surface area contributed by atoms with E-state index in [1.807, 2.05) is 0 Å². The molecule has 11 heavy (non-hydrogen) atoms. The molecule has 1 unspecified atom stereocenters. The highest BCUT2D eigenvalue weighted by atomic mass is 15.2. The zero-order valence-electron chi connectivity index (χ0n) is 8.15. The monoisotopic (exact) mass is 153 g/mol. The third kappa shape index (κ3) is 2.24. The molecule has 0 fully saturated rings. The van der Waals surface area contributed by atoms with Crippen molar-refractivity contribution in [3.63, 3.8) is 0 Å². The van der Waals surface area contributed by atoms with Gasteiger partial charge in [0.1, 0.15) is 0 Å². The Bertz CT molecular complexity index is 141. The lowest BCUT2D eigenvalue weighted by atomic mass is 9.98. The van der Waals surface area contributed by atoms with Gasteiger partial charge in [0.2, 0.25) is 0 Å². The van der Waals surface area contributed by atoms with E-state index in [-0.39, 0.29) is 5.54 Å². The molecule has 0 amide bonds. The molecule has 1 nitrogen and oxygen atoms in total. The summed E-state index contributed by atoms with van der Waals surface area (Å²) in [4.78, 5) is 2.31. The van der Waals surface area contributed by atoms with E-state index < -0.39 is 0 Å². The second-order valence-electron chi connectivity index (χ2n) is 2.94. The molecule has 0 aromatic heterocycles. The van der Waals surface area contributed by atoms with Gasteiger partial charge in [0.15, 0.2) is 0 Å². The van der Waals surface area contributed by atoms with Crippen molar-refractivity contribution in [1.29, 1.82) is 0 Å². The van der Waals surface area contributed by atoms with Crippen LogP contribution in [0.3, 0.4) is 0 Å². The molecule has 0 bridgehead atoms. The molecule has 0 saturated carbocycles. The minimum absolute atomic E-state index is 0.0382. The van der Waals surface area contributed by atoms with Crippen molar-refractivity contribution in [3.05, 3.63) is 0 Å². The number of rotatable bonds is 4. The van der Waals surface area contributed by atoms with Gasteiger partial charge in [-0.05, 0) is 26.4 Å². The highest BCUT2D eigenvalue weighted by Gasteiger charge is 2.24. The molecule has 1 heteroatoms. The van der Waals surface area contributed by atoms with E-state index in [9.17, 15) is 0 Å². The first-order valence-corrected chi connectivity index (χ1v) is 4.37. The summed E-state index contributed by atoms with van der Waals surface area (Å²) in [6.07, 6.45) is 6.50. The lowest BCUT2D eigenvalue weighted by Crippen LogP contribution is -2.44. The van der Waals surface area contributed by atoms with Crippen LogP contribution in [0.5, 0.6) is 0 Å². The van der Waals surface area contributed by atoms with Gasteiger partial charge >= 0.3 is 0 Å². The Hall–Kier alpha value is -0.480. The summed E-state index contributed by atoms with van der Waals surface area (Å²) in [5.74, 6) is 2.86. The molecule has 0 heterocycles. The van der Waals surface area contributed by atoms with Crippen LogP contribution in [0.2, 0.25) is 0 Å². The predicted molar refractivity (Wildman–Crippen MR) is 50.5 cm³/mol. The fraction of sp³-hybridized carbons (Fsp3) is 0.800. The van der Waals surface area contributed by atoms with Gasteiger partial charge in [-0.25, -0.2) is 0 Å². The minimum Gasteiger partial charge on any atom is -0.288 e. The molecule has 0 aromatic carbocycles. The largest absolute Gasteiger partial charge is 0.288 e. The van der Waals surface area contributed by atoms with E-state index >= 15 is 0 Å². The van der Waals surface area contributed by atoms with Crippen molar-refractivity contribution >= 4 is 0 Å². The van der Waals surface area contributed by atoms with Crippen LogP contribution in [0.4, 0.5) is 0 Å². The molecule has 0 rings (SSSR count). The fourth-order valence-corrected chi connectivity index (χ4v) is 1.34. The standard InChI is InChI=1S/C10H19N/c1-6-10(5,7-2)11(8-3)9-4/h1H,7-9H2,2-5H3. The first kappa shape index (κ1) is 10.5. The maximum atomic E-state index is 5.48. The first-order chi connectivity index (χ1) is 5.14. The van der Waals surface area contributed by atoms with Crippen LogP contribution in [-0.4, -0.2) is 23.5 Å². The van der Waals surface area contributed by atoms with Gasteiger partial charge in [0.05, 0.1) is 5.54 Å². The molecule has 0 spiro atoms. The summed E-state index contributed by atoms with van der Waals surface area (Å²) in [6.45, 7) is 10.6. The smallest absolute Gasteiger partial charge is 0.0791 e. The van der Waals surface area contributed by atoms with Crippen molar-refractivity contribution in [2.45, 2.75) is 39.7 Å². The molecule has 0 aromatic rings. The first-order valence-electron chi connectivity index (χ1n) is 4.37. The molecule has 0 saturated heterocycles. The number of hydrogen-bond donors (Lipinski definition) is 0. The van der Waals surface area contributed by atoms with E-state index in [0.29, 0.717) is 0 Å². The van der Waals surface area contributed by atoms with E-state index in [4.69, 9.17) is 6.42 Å². The predicted octanol–water partition coefficient (Wildman–Crippen LogP) is 2.13. The Labute approximate surface area is 70.8 Å². The third-order valence-electron chi connectivity index (χ3n) is 2.46. The van der Waals surface area contributed by atoms with Crippen LogP contribution >= 0.6 is 0 Å². The molecule has 0 aliphatic carbocycles. The summed E-state index contributed by atoms with van der Waals surface area (Å²) >= 11 is 0. The van der Waals surface area contributed by atoms with Crippen LogP contribution in [0.15, 0.2) is 0 Å². The number of nitrogens with zero attached hydrogens (tertiary/aromatic N) is 1. The van der Waals surface area contributed by atoms with Gasteiger partial charge in [-0.15, -0.1) is 6.42 Å². The lowest BCUT2D eigenvalue weighted by molar-refractivity contribution is 0.167. The second-order valence-corrected chi connectivity index (χ2v) is 2.94. The number of terminal acetylenes is 1. The Morgan fingerprint density at radius 2 is 1.73 bits per heavy atom. The highest BCUT2D eigenvalue weighted by Crippen LogP contribution is 2.16. The summed E-state index contributed by atoms with van der Waals surface area (Å²) < 4.78 is 0. The van der Waals surface area contributed by atoms with E-state index in [0.717, 1.165) is 19.5 Å². The molecular formula is C10H19N. The highest BCUT2D eigenvalue weighted by molar-refractivity contribution is 5.10. The van der Waals surface area contributed by atoms with Crippen LogP contribution in [-0.2, 0) is 0 Å². The van der Waals surface area contributed by atoms with Crippen molar-refractivity contribution in [3.8, 4) is 12.3 Å². The van der Waals surface area contributed by atoms with Gasteiger partial charge in [0.25, 0.3) is 0 Å². The molecular weight excluding hydrogens is 134 g/mol. The normalized spacial score (nSPS) is 16.0. The zero-order valence-corrected chi connectivity index (χ0v) is 8.15. The Balaban J connectivity index is 4.35. The van der Waals surface area contributed by atoms with Gasteiger partial charge in [0, 0.05) is 0 Å². The molecule has 0 N–H and O–H groups in total. The van der Waals surface area contributed by atoms with Crippen molar-refractivity contribution in [2.24, 2.45) is 0 Å². The van der Waals surface area contributed by atoms with Crippen molar-refractivity contribution in [2.75, 3.05) is 13.1 Å². The van der Waals surface area contributed by atoms with Gasteiger partial charge in [-0.1, -0.05) is 26.7 Å². The number of hydrogen-bond acceptors (Lipinski definition) is 1. The van der Waals surface area contributed by atoms with E-state index in [1.165, 1.54) is 0 Å². The molecule has 0 aliphatic rings. The average molecular weight is 153 g/mol. The maximum absolute atomic E-state index is 5.48. The second kappa shape index (κ2) is 4.41. The van der Waals surface area contributed by atoms with Crippen LogP contribution < -0.4 is 0 Å². The van der Waals surface area contributed by atoms with E-state index in [2.05, 4.69) is 38.5 Å². The lowest BCUT2D eigenvalue weighted by Gasteiger charge is -2.35. The van der Waals surface area contributed by atoms with Crippen molar-refractivity contribution in [1.82, 2.24) is 4.90 Å². The minimum atomic E-state index is -0.0382. The van der Waals surface area contributed by atoms with Crippen molar-refractivity contribution < 1.29 is 0 Å². The summed E-state index contributed by atoms with van der Waals surface area (Å²) in [5, 5.41) is 0. The summed E-state index contributed by atoms with van der Waals surface area (Å²) in [6, 6.07) is 0. The Morgan fingerprint density at radius 3 is 1.82 bits per heavy atom. The quantitative estimate of drug-likeness (QED) is 0.559. The third-order valence-corrected chi connectivity index (χ3v) is 2.46. The van der Waals surface area contributed by atoms with Crippen LogP contribution in [0, 0.1) is 12.3 Å². The summed E-state index contributed by atoms with van der Waals surface area (Å²) in [7, 11) is 0. The molecule has 0 aliphatic heterocycles. The van der Waals surface area contributed by atoms with Crippen LogP contribution in [0.25, 0.3) is 0 Å². The maximum Gasteiger partial charge on any atom is 0.0791 e. The Kier molecular flexibility index (Phi) is 4.22. The molecule has 64 valence electrons. The SMILES string of the molecule is C#CC(C)(CC)N(CC)CC. The van der Waals surface area contributed by atoms with Gasteiger partial charge in [-0.2, -0.15) is 0 Å². The van der Waals surface area contributed by atoms with E-state index in [1.54, 1.807) is 0 Å². The molecule has 1 atom stereocenters. The fourth-order valence-electron chi connectivity index (χ4n) is 1.34. The summed E-state index contributed by atoms with van der Waals surface area (Å²) in [5.41, 5.74) is -0.0382.